The SMILES string of the molecule is c1ccc(-c2nc(-c3cccc4oc5ccccc5c34)nc3oc4ccc(-c5ccc6c(c5)c5c7ccccc7ccc5n6-c5ccccc5)cc4c23)cc1. The molecule has 12 rings (SSSR count). The van der Waals surface area contributed by atoms with Crippen molar-refractivity contribution in [2.75, 3.05) is 0 Å². The average molecular weight is 704 g/mol. The highest BCUT2D eigenvalue weighted by Gasteiger charge is 2.22. The first-order valence-electron chi connectivity index (χ1n) is 18.5. The zero-order chi connectivity index (χ0) is 36.0. The highest BCUT2D eigenvalue weighted by atomic mass is 16.3. The second-order valence-corrected chi connectivity index (χ2v) is 14.1. The number of para-hydroxylation sites is 2. The van der Waals surface area contributed by atoms with Gasteiger partial charge in [0.05, 0.1) is 22.1 Å². The predicted molar refractivity (Wildman–Crippen MR) is 225 cm³/mol. The fourth-order valence-electron chi connectivity index (χ4n) is 8.57. The largest absolute Gasteiger partial charge is 0.456 e. The maximum atomic E-state index is 6.60. The maximum absolute atomic E-state index is 6.60. The molecule has 0 unspecified atom stereocenters. The van der Waals surface area contributed by atoms with E-state index in [1.807, 2.05) is 48.5 Å². The molecule has 12 aromatic rings. The number of furan rings is 2. The number of benzene rings is 8. The quantitative estimate of drug-likeness (QED) is 0.183. The standard InChI is InChI=1S/C50H29N3O2/c1-3-13-31(14-4-1)48-47-39-29-33(24-27-43(39)55-50(47)52-49(51-48)37-19-11-21-44-46(37)36-18-9-10-20-42(36)54-44)32-23-25-40-38(28-32)45-35-17-8-7-12-30(35)22-26-41(45)53(40)34-15-5-2-6-16-34/h1-29H. The molecule has 0 aliphatic rings. The highest BCUT2D eigenvalue weighted by molar-refractivity contribution is 6.22. The van der Waals surface area contributed by atoms with E-state index in [4.69, 9.17) is 18.8 Å². The molecule has 0 amide bonds. The Morgan fingerprint density at radius 1 is 0.400 bits per heavy atom. The van der Waals surface area contributed by atoms with Crippen molar-refractivity contribution >= 4 is 76.6 Å². The third kappa shape index (κ3) is 4.47. The highest BCUT2D eigenvalue weighted by Crippen LogP contribution is 2.43. The molecule has 5 nitrogen and oxygen atoms in total. The van der Waals surface area contributed by atoms with Crippen molar-refractivity contribution in [2.45, 2.75) is 0 Å². The van der Waals surface area contributed by atoms with E-state index in [1.165, 1.54) is 32.6 Å². The third-order valence-corrected chi connectivity index (χ3v) is 11.0. The average Bonchev–Trinajstić information content (AvgIpc) is 3.93. The summed E-state index contributed by atoms with van der Waals surface area (Å²) in [5.41, 5.74) is 11.4. The molecular weight excluding hydrogens is 675 g/mol. The number of rotatable bonds is 4. The van der Waals surface area contributed by atoms with Gasteiger partial charge in [0.15, 0.2) is 5.82 Å². The Balaban J connectivity index is 1.09. The van der Waals surface area contributed by atoms with Crippen molar-refractivity contribution in [3.63, 3.8) is 0 Å². The molecule has 0 atom stereocenters. The second kappa shape index (κ2) is 11.5. The number of nitrogens with zero attached hydrogens (tertiary/aromatic N) is 3. The molecule has 0 aliphatic carbocycles. The minimum absolute atomic E-state index is 0.550. The zero-order valence-electron chi connectivity index (χ0n) is 29.4. The second-order valence-electron chi connectivity index (χ2n) is 14.1. The lowest BCUT2D eigenvalue weighted by atomic mass is 9.98. The summed E-state index contributed by atoms with van der Waals surface area (Å²) in [5, 5.41) is 8.82. The van der Waals surface area contributed by atoms with Gasteiger partial charge in [0.2, 0.25) is 5.71 Å². The van der Waals surface area contributed by atoms with Gasteiger partial charge in [-0.15, -0.1) is 0 Å². The smallest absolute Gasteiger partial charge is 0.231 e. The van der Waals surface area contributed by atoms with Gasteiger partial charge in [0.25, 0.3) is 0 Å². The van der Waals surface area contributed by atoms with Crippen LogP contribution in [-0.2, 0) is 0 Å². The molecule has 8 aromatic carbocycles. The molecule has 0 aliphatic heterocycles. The van der Waals surface area contributed by atoms with Crippen LogP contribution in [-0.4, -0.2) is 14.5 Å². The van der Waals surface area contributed by atoms with E-state index in [0.29, 0.717) is 11.5 Å². The summed E-state index contributed by atoms with van der Waals surface area (Å²) < 4.78 is 15.2. The van der Waals surface area contributed by atoms with Crippen LogP contribution in [0.3, 0.4) is 0 Å². The van der Waals surface area contributed by atoms with Crippen LogP contribution in [0, 0.1) is 0 Å². The van der Waals surface area contributed by atoms with Crippen LogP contribution < -0.4 is 0 Å². The van der Waals surface area contributed by atoms with Crippen LogP contribution in [0.25, 0.3) is 116 Å². The molecule has 0 bridgehead atoms. The number of hydrogen-bond donors (Lipinski definition) is 0. The predicted octanol–water partition coefficient (Wildman–Crippen LogP) is 13.5. The van der Waals surface area contributed by atoms with Crippen LogP contribution >= 0.6 is 0 Å². The molecule has 4 heterocycles. The van der Waals surface area contributed by atoms with Crippen LogP contribution in [0.5, 0.6) is 0 Å². The zero-order valence-corrected chi connectivity index (χ0v) is 29.4. The topological polar surface area (TPSA) is 57.0 Å². The Morgan fingerprint density at radius 3 is 1.96 bits per heavy atom. The molecule has 0 N–H and O–H groups in total. The van der Waals surface area contributed by atoms with Crippen molar-refractivity contribution in [1.82, 2.24) is 14.5 Å². The molecule has 0 saturated carbocycles. The Labute approximate surface area is 314 Å². The van der Waals surface area contributed by atoms with E-state index in [0.717, 1.165) is 71.9 Å². The molecule has 0 spiro atoms. The van der Waals surface area contributed by atoms with Gasteiger partial charge in [0, 0.05) is 43.7 Å². The Morgan fingerprint density at radius 2 is 1.09 bits per heavy atom. The monoisotopic (exact) mass is 703 g/mol. The van der Waals surface area contributed by atoms with Crippen LogP contribution in [0.4, 0.5) is 0 Å². The van der Waals surface area contributed by atoms with E-state index in [2.05, 4.69) is 132 Å². The van der Waals surface area contributed by atoms with Gasteiger partial charge < -0.3 is 13.4 Å². The first-order chi connectivity index (χ1) is 27.3. The fraction of sp³-hybridized carbons (Fsp3) is 0. The first-order valence-corrected chi connectivity index (χ1v) is 18.5. The van der Waals surface area contributed by atoms with Gasteiger partial charge in [-0.25, -0.2) is 4.98 Å². The summed E-state index contributed by atoms with van der Waals surface area (Å²) in [6.45, 7) is 0. The molecule has 0 saturated heterocycles. The summed E-state index contributed by atoms with van der Waals surface area (Å²) in [6.07, 6.45) is 0. The minimum atomic E-state index is 0.550. The fourth-order valence-corrected chi connectivity index (χ4v) is 8.57. The van der Waals surface area contributed by atoms with E-state index in [1.54, 1.807) is 0 Å². The summed E-state index contributed by atoms with van der Waals surface area (Å²) in [7, 11) is 0. The van der Waals surface area contributed by atoms with E-state index < -0.39 is 0 Å². The lowest BCUT2D eigenvalue weighted by Gasteiger charge is -2.09. The Kier molecular flexibility index (Phi) is 6.27. The minimum Gasteiger partial charge on any atom is -0.456 e. The lowest BCUT2D eigenvalue weighted by molar-refractivity contribution is 0.653. The summed E-state index contributed by atoms with van der Waals surface area (Å²) in [5.74, 6) is 0.593. The van der Waals surface area contributed by atoms with Crippen molar-refractivity contribution in [3.05, 3.63) is 176 Å². The van der Waals surface area contributed by atoms with Gasteiger partial charge in [-0.2, -0.15) is 4.98 Å². The molecule has 0 fully saturated rings. The van der Waals surface area contributed by atoms with Crippen molar-refractivity contribution in [3.8, 4) is 39.5 Å². The van der Waals surface area contributed by atoms with Gasteiger partial charge >= 0.3 is 0 Å². The molecule has 4 aromatic heterocycles. The van der Waals surface area contributed by atoms with Crippen LogP contribution in [0.1, 0.15) is 0 Å². The summed E-state index contributed by atoms with van der Waals surface area (Å²) in [4.78, 5) is 10.4. The number of aromatic nitrogens is 3. The van der Waals surface area contributed by atoms with Gasteiger partial charge in [-0.1, -0.05) is 121 Å². The van der Waals surface area contributed by atoms with E-state index in [9.17, 15) is 0 Å². The van der Waals surface area contributed by atoms with Crippen molar-refractivity contribution < 1.29 is 8.83 Å². The van der Waals surface area contributed by atoms with E-state index >= 15 is 0 Å². The summed E-state index contributed by atoms with van der Waals surface area (Å²) in [6, 6.07) is 61.5. The normalized spacial score (nSPS) is 12.0. The number of hydrogen-bond acceptors (Lipinski definition) is 4. The lowest BCUT2D eigenvalue weighted by Crippen LogP contribution is -1.94. The van der Waals surface area contributed by atoms with E-state index in [-0.39, 0.29) is 0 Å². The Hall–Kier alpha value is -7.50. The molecule has 0 radical (unpaired) electrons. The molecular formula is C50H29N3O2. The van der Waals surface area contributed by atoms with Crippen molar-refractivity contribution in [1.29, 1.82) is 0 Å². The van der Waals surface area contributed by atoms with Crippen molar-refractivity contribution in [2.24, 2.45) is 0 Å². The number of fused-ring (bicyclic) bond motifs is 11. The van der Waals surface area contributed by atoms with Crippen LogP contribution in [0.15, 0.2) is 185 Å². The third-order valence-electron chi connectivity index (χ3n) is 11.0. The Bertz CT molecular complexity index is 3480. The van der Waals surface area contributed by atoms with Gasteiger partial charge in [-0.05, 0) is 76.5 Å². The molecule has 55 heavy (non-hydrogen) atoms. The molecule has 256 valence electrons. The summed E-state index contributed by atoms with van der Waals surface area (Å²) >= 11 is 0. The maximum Gasteiger partial charge on any atom is 0.231 e. The van der Waals surface area contributed by atoms with Gasteiger partial charge in [0.1, 0.15) is 16.7 Å². The van der Waals surface area contributed by atoms with Crippen LogP contribution in [0.2, 0.25) is 0 Å². The molecule has 5 heteroatoms. The van der Waals surface area contributed by atoms with Gasteiger partial charge in [-0.3, -0.25) is 0 Å². The first kappa shape index (κ1) is 30.0.